The zero-order chi connectivity index (χ0) is 13.6. The maximum atomic E-state index is 13.1. The molecule has 0 spiro atoms. The molecule has 0 bridgehead atoms. The van der Waals surface area contributed by atoms with Gasteiger partial charge in [0.1, 0.15) is 11.5 Å². The van der Waals surface area contributed by atoms with Gasteiger partial charge in [-0.05, 0) is 37.2 Å². The molecule has 0 radical (unpaired) electrons. The second kappa shape index (κ2) is 4.29. The summed E-state index contributed by atoms with van der Waals surface area (Å²) < 4.78 is 13.1. The van der Waals surface area contributed by atoms with Crippen molar-refractivity contribution in [1.29, 1.82) is 0 Å². The Bertz CT molecular complexity index is 551. The summed E-state index contributed by atoms with van der Waals surface area (Å²) in [5, 5.41) is 13.3. The molecular weight excluding hydrogens is 251 g/mol. The smallest absolute Gasteiger partial charge is 0.292 e. The average Bonchev–Trinajstić information content (AvgIpc) is 2.95. The number of carbonyl (C=O) groups excluding carboxylic acids is 1. The Kier molecular flexibility index (Phi) is 2.73. The number of rotatable bonds is 3. The van der Waals surface area contributed by atoms with Crippen LogP contribution in [0.2, 0.25) is 0 Å². The molecule has 1 aromatic rings. The van der Waals surface area contributed by atoms with Crippen LogP contribution in [0.15, 0.2) is 18.2 Å². The Hall–Kier alpha value is -1.98. The summed E-state index contributed by atoms with van der Waals surface area (Å²) in [5.41, 5.74) is -0.339. The standard InChI is InChI=1S/C13H13FN2O3/c14-10-1-2-12(16(18)19)11(6-10)15-13(17)9-4-7-3-8(7)5-9/h1-2,6-9H,3-5H2,(H,15,17). The summed E-state index contributed by atoms with van der Waals surface area (Å²) in [7, 11) is 0. The summed E-state index contributed by atoms with van der Waals surface area (Å²) >= 11 is 0. The fourth-order valence-electron chi connectivity index (χ4n) is 2.93. The Morgan fingerprint density at radius 1 is 1.32 bits per heavy atom. The summed E-state index contributed by atoms with van der Waals surface area (Å²) in [5.74, 6) is 0.374. The van der Waals surface area contributed by atoms with Crippen LogP contribution in [-0.4, -0.2) is 10.8 Å². The number of carbonyl (C=O) groups is 1. The Morgan fingerprint density at radius 2 is 2.00 bits per heavy atom. The van der Waals surface area contributed by atoms with E-state index in [9.17, 15) is 19.3 Å². The monoisotopic (exact) mass is 264 g/mol. The van der Waals surface area contributed by atoms with E-state index >= 15 is 0 Å². The van der Waals surface area contributed by atoms with Crippen molar-refractivity contribution in [2.75, 3.05) is 5.32 Å². The molecule has 0 heterocycles. The quantitative estimate of drug-likeness (QED) is 0.674. The van der Waals surface area contributed by atoms with Crippen molar-refractivity contribution in [3.05, 3.63) is 34.1 Å². The van der Waals surface area contributed by atoms with Crippen LogP contribution in [0, 0.1) is 33.7 Å². The van der Waals surface area contributed by atoms with E-state index in [1.165, 1.54) is 6.42 Å². The molecule has 5 nitrogen and oxygen atoms in total. The van der Waals surface area contributed by atoms with E-state index in [1.807, 2.05) is 0 Å². The number of anilines is 1. The van der Waals surface area contributed by atoms with Crippen LogP contribution in [0.1, 0.15) is 19.3 Å². The highest BCUT2D eigenvalue weighted by atomic mass is 19.1. The van der Waals surface area contributed by atoms with Crippen molar-refractivity contribution >= 4 is 17.3 Å². The molecule has 2 aliphatic carbocycles. The minimum absolute atomic E-state index is 0.0597. The van der Waals surface area contributed by atoms with Crippen LogP contribution < -0.4 is 5.32 Å². The number of hydrogen-bond acceptors (Lipinski definition) is 3. The number of fused-ring (bicyclic) bond motifs is 1. The summed E-state index contributed by atoms with van der Waals surface area (Å²) in [4.78, 5) is 22.2. The minimum Gasteiger partial charge on any atom is -0.320 e. The molecule has 2 unspecified atom stereocenters. The number of halogens is 1. The van der Waals surface area contributed by atoms with Crippen LogP contribution >= 0.6 is 0 Å². The number of amides is 1. The summed E-state index contributed by atoms with van der Waals surface area (Å²) in [6.07, 6.45) is 2.89. The lowest BCUT2D eigenvalue weighted by Gasteiger charge is -2.12. The predicted molar refractivity (Wildman–Crippen MR) is 66.0 cm³/mol. The Labute approximate surface area is 109 Å². The van der Waals surface area contributed by atoms with Crippen LogP contribution in [0.25, 0.3) is 0 Å². The van der Waals surface area contributed by atoms with Crippen LogP contribution in [0.5, 0.6) is 0 Å². The zero-order valence-electron chi connectivity index (χ0n) is 10.1. The van der Waals surface area contributed by atoms with Crippen LogP contribution in [-0.2, 0) is 4.79 Å². The van der Waals surface area contributed by atoms with Crippen molar-refractivity contribution < 1.29 is 14.1 Å². The second-order valence-corrected chi connectivity index (χ2v) is 5.33. The normalized spacial score (nSPS) is 27.7. The third-order valence-corrected chi connectivity index (χ3v) is 4.03. The molecule has 6 heteroatoms. The summed E-state index contributed by atoms with van der Waals surface area (Å²) in [6, 6.07) is 3.07. The molecule has 1 amide bonds. The van der Waals surface area contributed by atoms with Gasteiger partial charge in [0.05, 0.1) is 4.92 Å². The number of nitro groups is 1. The predicted octanol–water partition coefficient (Wildman–Crippen LogP) is 2.72. The summed E-state index contributed by atoms with van der Waals surface area (Å²) in [6.45, 7) is 0. The number of nitrogens with one attached hydrogen (secondary N) is 1. The Balaban J connectivity index is 1.76. The van der Waals surface area contributed by atoms with Crippen molar-refractivity contribution in [2.24, 2.45) is 17.8 Å². The van der Waals surface area contributed by atoms with E-state index in [1.54, 1.807) is 0 Å². The molecular formula is C13H13FN2O3. The topological polar surface area (TPSA) is 72.2 Å². The van der Waals surface area contributed by atoms with Gasteiger partial charge in [0.15, 0.2) is 0 Å². The van der Waals surface area contributed by atoms with Gasteiger partial charge < -0.3 is 5.32 Å². The third-order valence-electron chi connectivity index (χ3n) is 4.03. The van der Waals surface area contributed by atoms with Gasteiger partial charge in [-0.15, -0.1) is 0 Å². The molecule has 0 aromatic heterocycles. The molecule has 2 aliphatic rings. The van der Waals surface area contributed by atoms with E-state index in [2.05, 4.69) is 5.32 Å². The van der Waals surface area contributed by atoms with Crippen LogP contribution in [0.4, 0.5) is 15.8 Å². The fraction of sp³-hybridized carbons (Fsp3) is 0.462. The van der Waals surface area contributed by atoms with E-state index in [0.29, 0.717) is 11.8 Å². The van der Waals surface area contributed by atoms with Gasteiger partial charge in [0.25, 0.3) is 5.69 Å². The SMILES string of the molecule is O=C(Nc1cc(F)ccc1[N+](=O)[O-])C1CC2CC2C1. The van der Waals surface area contributed by atoms with E-state index < -0.39 is 10.7 Å². The number of hydrogen-bond donors (Lipinski definition) is 1. The second-order valence-electron chi connectivity index (χ2n) is 5.33. The van der Waals surface area contributed by atoms with E-state index in [4.69, 9.17) is 0 Å². The van der Waals surface area contributed by atoms with Gasteiger partial charge in [-0.3, -0.25) is 14.9 Å². The molecule has 1 aromatic carbocycles. The lowest BCUT2D eigenvalue weighted by molar-refractivity contribution is -0.384. The van der Waals surface area contributed by atoms with Gasteiger partial charge in [0, 0.05) is 18.1 Å². The third kappa shape index (κ3) is 2.30. The van der Waals surface area contributed by atoms with E-state index in [-0.39, 0.29) is 23.2 Å². The van der Waals surface area contributed by atoms with Crippen LogP contribution in [0.3, 0.4) is 0 Å². The van der Waals surface area contributed by atoms with E-state index in [0.717, 1.165) is 31.0 Å². The molecule has 0 saturated heterocycles. The molecule has 100 valence electrons. The van der Waals surface area contributed by atoms with Crippen molar-refractivity contribution in [1.82, 2.24) is 0 Å². The largest absolute Gasteiger partial charge is 0.320 e. The highest BCUT2D eigenvalue weighted by molar-refractivity contribution is 5.95. The maximum Gasteiger partial charge on any atom is 0.292 e. The molecule has 2 fully saturated rings. The fourth-order valence-corrected chi connectivity index (χ4v) is 2.93. The van der Waals surface area contributed by atoms with Crippen molar-refractivity contribution in [3.63, 3.8) is 0 Å². The molecule has 3 rings (SSSR count). The van der Waals surface area contributed by atoms with Crippen molar-refractivity contribution in [3.8, 4) is 0 Å². The van der Waals surface area contributed by atoms with Gasteiger partial charge in [-0.25, -0.2) is 4.39 Å². The first-order valence-electron chi connectivity index (χ1n) is 6.29. The Morgan fingerprint density at radius 3 is 2.63 bits per heavy atom. The van der Waals surface area contributed by atoms with Gasteiger partial charge >= 0.3 is 0 Å². The lowest BCUT2D eigenvalue weighted by atomic mass is 10.0. The molecule has 0 aliphatic heterocycles. The number of benzene rings is 1. The van der Waals surface area contributed by atoms with Gasteiger partial charge in [0.2, 0.25) is 5.91 Å². The number of nitro benzene ring substituents is 1. The van der Waals surface area contributed by atoms with Gasteiger partial charge in [-0.2, -0.15) is 0 Å². The molecule has 2 saturated carbocycles. The first kappa shape index (κ1) is 12.1. The molecule has 19 heavy (non-hydrogen) atoms. The highest BCUT2D eigenvalue weighted by Gasteiger charge is 2.48. The van der Waals surface area contributed by atoms with Crippen molar-refractivity contribution in [2.45, 2.75) is 19.3 Å². The molecule has 2 atom stereocenters. The zero-order valence-corrected chi connectivity index (χ0v) is 10.1. The van der Waals surface area contributed by atoms with Gasteiger partial charge in [-0.1, -0.05) is 0 Å². The first-order chi connectivity index (χ1) is 9.04. The minimum atomic E-state index is -0.624. The first-order valence-corrected chi connectivity index (χ1v) is 6.29. The molecule has 1 N–H and O–H groups in total. The lowest BCUT2D eigenvalue weighted by Crippen LogP contribution is -2.22. The highest BCUT2D eigenvalue weighted by Crippen LogP contribution is 2.54. The maximum absolute atomic E-state index is 13.1. The average molecular weight is 264 g/mol. The number of nitrogens with zero attached hydrogens (tertiary/aromatic N) is 1.